The van der Waals surface area contributed by atoms with Gasteiger partial charge in [-0.15, -0.1) is 0 Å². The molecule has 0 aliphatic heterocycles. The minimum atomic E-state index is -0.522. The van der Waals surface area contributed by atoms with Crippen LogP contribution in [0.3, 0.4) is 0 Å². The summed E-state index contributed by atoms with van der Waals surface area (Å²) in [6.07, 6.45) is 11.4. The molecule has 0 aliphatic carbocycles. The third-order valence-electron chi connectivity index (χ3n) is 2.83. The first-order chi connectivity index (χ1) is 10.2. The molecule has 3 heteroatoms. The summed E-state index contributed by atoms with van der Waals surface area (Å²) in [7, 11) is 1.29. The van der Waals surface area contributed by atoms with E-state index in [1.165, 1.54) is 51.7 Å². The maximum Gasteiger partial charge on any atom is 0.365 e. The molecule has 21 heavy (non-hydrogen) atoms. The minimum absolute atomic E-state index is 0.522. The lowest BCUT2D eigenvalue weighted by Gasteiger charge is -1.93. The van der Waals surface area contributed by atoms with Gasteiger partial charge in [0.15, 0.2) is 0 Å². The minimum Gasteiger partial charge on any atom is -0.294 e. The van der Waals surface area contributed by atoms with Crippen LogP contribution in [-0.4, -0.2) is 13.1 Å². The van der Waals surface area contributed by atoms with Crippen LogP contribution in [0, 0.1) is 0 Å². The maximum atomic E-state index is 10.8. The molecule has 0 heterocycles. The van der Waals surface area contributed by atoms with Crippen molar-refractivity contribution in [2.75, 3.05) is 7.11 Å². The fourth-order valence-electron chi connectivity index (χ4n) is 1.69. The number of unbranched alkanes of at least 4 members (excludes halogenated alkanes) is 5. The van der Waals surface area contributed by atoms with Crippen LogP contribution in [0.5, 0.6) is 0 Å². The van der Waals surface area contributed by atoms with Crippen molar-refractivity contribution < 1.29 is 14.6 Å². The third-order valence-corrected chi connectivity index (χ3v) is 2.83. The molecule has 0 aliphatic rings. The highest BCUT2D eigenvalue weighted by atomic mass is 17.2. The van der Waals surface area contributed by atoms with E-state index in [2.05, 4.69) is 23.6 Å². The fraction of sp³-hybridized carbons (Fsp3) is 0.500. The second-order valence-corrected chi connectivity index (χ2v) is 4.73. The van der Waals surface area contributed by atoms with Crippen molar-refractivity contribution in [2.24, 2.45) is 0 Å². The summed E-state index contributed by atoms with van der Waals surface area (Å²) in [6, 6.07) is 9.46. The lowest BCUT2D eigenvalue weighted by molar-refractivity contribution is -0.249. The van der Waals surface area contributed by atoms with E-state index in [0.29, 0.717) is 0 Å². The molecule has 118 valence electrons. The van der Waals surface area contributed by atoms with Gasteiger partial charge >= 0.3 is 5.97 Å². The Morgan fingerprint density at radius 1 is 1.00 bits per heavy atom. The monoisotopic (exact) mass is 292 g/mol. The van der Waals surface area contributed by atoms with Gasteiger partial charge in [-0.25, -0.2) is 4.79 Å². The first-order valence-corrected chi connectivity index (χ1v) is 7.72. The summed E-state index contributed by atoms with van der Waals surface area (Å²) >= 11 is 0. The maximum absolute atomic E-state index is 10.8. The zero-order valence-corrected chi connectivity index (χ0v) is 13.5. The van der Waals surface area contributed by atoms with E-state index >= 15 is 0 Å². The van der Waals surface area contributed by atoms with Crippen LogP contribution < -0.4 is 0 Å². The zero-order valence-electron chi connectivity index (χ0n) is 13.5. The van der Waals surface area contributed by atoms with Gasteiger partial charge < -0.3 is 0 Å². The fourth-order valence-corrected chi connectivity index (χ4v) is 1.69. The highest BCUT2D eigenvalue weighted by Crippen LogP contribution is 2.03. The van der Waals surface area contributed by atoms with Gasteiger partial charge in [-0.3, -0.25) is 4.89 Å². The molecule has 0 saturated heterocycles. The van der Waals surface area contributed by atoms with Crippen LogP contribution in [0.2, 0.25) is 0 Å². The smallest absolute Gasteiger partial charge is 0.294 e. The van der Waals surface area contributed by atoms with Gasteiger partial charge in [0.2, 0.25) is 0 Å². The Hall–Kier alpha value is -1.61. The Morgan fingerprint density at radius 3 is 2.05 bits per heavy atom. The molecule has 0 radical (unpaired) electrons. The van der Waals surface area contributed by atoms with Gasteiger partial charge in [0, 0.05) is 6.08 Å². The Labute approximate surface area is 128 Å². The van der Waals surface area contributed by atoms with Gasteiger partial charge in [-0.2, -0.15) is 4.89 Å². The SMILES string of the molecule is CCCCCCCC.COOC(=O)C=Cc1ccccc1. The summed E-state index contributed by atoms with van der Waals surface area (Å²) in [4.78, 5) is 19.2. The van der Waals surface area contributed by atoms with Crippen LogP contribution in [0.25, 0.3) is 6.08 Å². The average Bonchev–Trinajstić information content (AvgIpc) is 2.52. The highest BCUT2D eigenvalue weighted by Gasteiger charge is 1.94. The Balaban J connectivity index is 0.000000433. The van der Waals surface area contributed by atoms with Gasteiger partial charge in [0.1, 0.15) is 0 Å². The molecule has 0 saturated carbocycles. The molecule has 0 spiro atoms. The second kappa shape index (κ2) is 14.8. The molecule has 0 unspecified atom stereocenters. The first-order valence-electron chi connectivity index (χ1n) is 7.72. The van der Waals surface area contributed by atoms with Crippen LogP contribution in [0.1, 0.15) is 57.9 Å². The summed E-state index contributed by atoms with van der Waals surface area (Å²) in [5.41, 5.74) is 0.940. The van der Waals surface area contributed by atoms with Crippen molar-refractivity contribution in [1.29, 1.82) is 0 Å². The van der Waals surface area contributed by atoms with Crippen molar-refractivity contribution in [1.82, 2.24) is 0 Å². The average molecular weight is 292 g/mol. The Bertz CT molecular complexity index is 365. The molecule has 3 nitrogen and oxygen atoms in total. The molecule has 0 bridgehead atoms. The van der Waals surface area contributed by atoms with Crippen molar-refractivity contribution in [3.8, 4) is 0 Å². The largest absolute Gasteiger partial charge is 0.365 e. The number of hydrogen-bond donors (Lipinski definition) is 0. The lowest BCUT2D eigenvalue weighted by atomic mass is 10.1. The van der Waals surface area contributed by atoms with Crippen LogP contribution in [0.4, 0.5) is 0 Å². The van der Waals surface area contributed by atoms with E-state index in [1.54, 1.807) is 6.08 Å². The van der Waals surface area contributed by atoms with E-state index < -0.39 is 5.97 Å². The van der Waals surface area contributed by atoms with E-state index in [-0.39, 0.29) is 0 Å². The van der Waals surface area contributed by atoms with Crippen LogP contribution >= 0.6 is 0 Å². The number of hydrogen-bond acceptors (Lipinski definition) is 3. The molecule has 0 aromatic heterocycles. The van der Waals surface area contributed by atoms with E-state index in [4.69, 9.17) is 0 Å². The van der Waals surface area contributed by atoms with Gasteiger partial charge in [0.25, 0.3) is 0 Å². The molecule has 1 aromatic rings. The Morgan fingerprint density at radius 2 is 1.57 bits per heavy atom. The first kappa shape index (κ1) is 19.4. The van der Waals surface area contributed by atoms with E-state index in [0.717, 1.165) is 5.56 Å². The van der Waals surface area contributed by atoms with Crippen molar-refractivity contribution >= 4 is 12.0 Å². The van der Waals surface area contributed by atoms with E-state index in [9.17, 15) is 4.79 Å². The summed E-state index contributed by atoms with van der Waals surface area (Å²) in [6.45, 7) is 4.51. The standard InChI is InChI=1S/C10H10O3.C8H18/c1-12-13-10(11)8-7-9-5-3-2-4-6-9;1-3-5-7-8-6-4-2/h2-8H,1H3;3-8H2,1-2H3. The van der Waals surface area contributed by atoms with Gasteiger partial charge in [-0.05, 0) is 11.6 Å². The van der Waals surface area contributed by atoms with Gasteiger partial charge in [0.05, 0.1) is 7.11 Å². The molecule has 1 rings (SSSR count). The molecule has 0 atom stereocenters. The molecular formula is C18H28O3. The topological polar surface area (TPSA) is 35.5 Å². The molecule has 1 aromatic carbocycles. The lowest BCUT2D eigenvalue weighted by Crippen LogP contribution is -1.97. The molecule has 0 N–H and O–H groups in total. The van der Waals surface area contributed by atoms with E-state index in [1.807, 2.05) is 30.3 Å². The summed E-state index contributed by atoms with van der Waals surface area (Å²) in [5.74, 6) is -0.522. The van der Waals surface area contributed by atoms with Crippen molar-refractivity contribution in [3.05, 3.63) is 42.0 Å². The Kier molecular flexibility index (Phi) is 13.7. The summed E-state index contributed by atoms with van der Waals surface area (Å²) < 4.78 is 0. The van der Waals surface area contributed by atoms with Crippen molar-refractivity contribution in [2.45, 2.75) is 52.4 Å². The van der Waals surface area contributed by atoms with Gasteiger partial charge in [-0.1, -0.05) is 82.7 Å². The molecule has 0 fully saturated rings. The van der Waals surface area contributed by atoms with Crippen LogP contribution in [0.15, 0.2) is 36.4 Å². The molecular weight excluding hydrogens is 264 g/mol. The number of carbonyl (C=O) groups excluding carboxylic acids is 1. The second-order valence-electron chi connectivity index (χ2n) is 4.73. The van der Waals surface area contributed by atoms with Crippen molar-refractivity contribution in [3.63, 3.8) is 0 Å². The predicted octanol–water partition coefficient (Wildman–Crippen LogP) is 5.17. The highest BCUT2D eigenvalue weighted by molar-refractivity contribution is 5.86. The zero-order chi connectivity index (χ0) is 15.8. The third kappa shape index (κ3) is 13.1. The normalized spacial score (nSPS) is 10.0. The molecule has 0 amide bonds. The quantitative estimate of drug-likeness (QED) is 0.287. The number of rotatable bonds is 8. The summed E-state index contributed by atoms with van der Waals surface area (Å²) in [5, 5.41) is 0. The predicted molar refractivity (Wildman–Crippen MR) is 87.6 cm³/mol. The number of carbonyl (C=O) groups is 1. The number of benzene rings is 1. The van der Waals surface area contributed by atoms with Crippen LogP contribution in [-0.2, 0) is 14.6 Å².